The molecule has 0 aliphatic rings. The summed E-state index contributed by atoms with van der Waals surface area (Å²) in [6.07, 6.45) is 1.81. The van der Waals surface area contributed by atoms with Crippen LogP contribution in [0.3, 0.4) is 0 Å². The van der Waals surface area contributed by atoms with Gasteiger partial charge in [-0.2, -0.15) is 0 Å². The molecule has 0 unspecified atom stereocenters. The number of hydrogen-bond donors (Lipinski definition) is 0. The van der Waals surface area contributed by atoms with Crippen LogP contribution in [0.2, 0.25) is 0 Å². The molecule has 0 saturated heterocycles. The molecule has 22 heavy (non-hydrogen) atoms. The lowest BCUT2D eigenvalue weighted by atomic mass is 9.86. The van der Waals surface area contributed by atoms with Gasteiger partial charge in [0.1, 0.15) is 4.32 Å². The van der Waals surface area contributed by atoms with E-state index in [1.165, 1.54) is 0 Å². The average Bonchev–Trinajstić information content (AvgIpc) is 2.55. The van der Waals surface area contributed by atoms with Gasteiger partial charge < -0.3 is 0 Å². The van der Waals surface area contributed by atoms with Crippen LogP contribution >= 0.6 is 15.9 Å². The van der Waals surface area contributed by atoms with Crippen LogP contribution in [0.4, 0.5) is 0 Å². The first kappa shape index (κ1) is 15.0. The van der Waals surface area contributed by atoms with Crippen molar-refractivity contribution in [3.05, 3.63) is 115 Å². The summed E-state index contributed by atoms with van der Waals surface area (Å²) in [5.41, 5.74) is 5.09. The van der Waals surface area contributed by atoms with Gasteiger partial charge in [0.05, 0.1) is 5.69 Å². The molecule has 0 N–H and O–H groups in total. The Labute approximate surface area is 140 Å². The topological polar surface area (TPSA) is 12.9 Å². The second-order valence-corrected chi connectivity index (χ2v) is 6.46. The fourth-order valence-electron chi connectivity index (χ4n) is 2.60. The van der Waals surface area contributed by atoms with E-state index in [1.807, 2.05) is 48.7 Å². The van der Waals surface area contributed by atoms with Gasteiger partial charge in [0.2, 0.25) is 0 Å². The third-order valence-electron chi connectivity index (χ3n) is 3.67. The van der Waals surface area contributed by atoms with Crippen molar-refractivity contribution in [2.24, 2.45) is 0 Å². The average molecular weight is 350 g/mol. The van der Waals surface area contributed by atoms with E-state index in [2.05, 4.69) is 59.0 Å². The largest absolute Gasteiger partial charge is 0.259 e. The molecule has 0 aliphatic carbocycles. The molecule has 2 heteroatoms. The normalized spacial score (nSPS) is 11.4. The minimum Gasteiger partial charge on any atom is -0.259 e. The van der Waals surface area contributed by atoms with Crippen LogP contribution in [0.5, 0.6) is 0 Å². The highest BCUT2D eigenvalue weighted by Crippen LogP contribution is 2.44. The van der Waals surface area contributed by atoms with Crippen molar-refractivity contribution in [2.45, 2.75) is 4.32 Å². The highest BCUT2D eigenvalue weighted by atomic mass is 79.9. The van der Waals surface area contributed by atoms with Gasteiger partial charge in [0.25, 0.3) is 0 Å². The van der Waals surface area contributed by atoms with Crippen LogP contribution in [-0.4, -0.2) is 4.98 Å². The summed E-state index contributed by atoms with van der Waals surface area (Å²) >= 11 is 3.96. The van der Waals surface area contributed by atoms with Crippen molar-refractivity contribution in [3.63, 3.8) is 0 Å². The van der Waals surface area contributed by atoms with Crippen LogP contribution in [0.25, 0.3) is 0 Å². The lowest BCUT2D eigenvalue weighted by Gasteiger charge is -2.29. The molecule has 0 spiro atoms. The minimum absolute atomic E-state index is 0.518. The first-order chi connectivity index (χ1) is 10.6. The smallest absolute Gasteiger partial charge is 0.117 e. The Bertz CT molecular complexity index is 735. The van der Waals surface area contributed by atoms with Gasteiger partial charge >= 0.3 is 0 Å². The molecule has 0 saturated carbocycles. The molecule has 2 aromatic carbocycles. The number of alkyl halides is 1. The number of aromatic nitrogens is 1. The van der Waals surface area contributed by atoms with E-state index >= 15 is 0 Å². The van der Waals surface area contributed by atoms with Crippen LogP contribution in [0, 0.1) is 13.8 Å². The Kier molecular flexibility index (Phi) is 4.12. The van der Waals surface area contributed by atoms with Gasteiger partial charge in [-0.3, -0.25) is 4.98 Å². The van der Waals surface area contributed by atoms with Gasteiger partial charge in [-0.15, -0.1) is 0 Å². The Morgan fingerprint density at radius 2 is 1.36 bits per heavy atom. The molecule has 1 nitrogen and oxygen atoms in total. The second kappa shape index (κ2) is 6.05. The van der Waals surface area contributed by atoms with Gasteiger partial charge in [0.15, 0.2) is 0 Å². The summed E-state index contributed by atoms with van der Waals surface area (Å²) in [5, 5.41) is 0. The maximum Gasteiger partial charge on any atom is 0.117 e. The standard InChI is InChI=1S/C20H16BrN/c1-15-7-5-9-17(13-15)20(21,19-11-3-4-12-22-19)18-10-6-8-16(2)14-18/h3-14H,1-2H2. The fourth-order valence-corrected chi connectivity index (χ4v) is 3.33. The molecule has 108 valence electrons. The molecule has 0 aliphatic heterocycles. The molecule has 3 aromatic rings. The summed E-state index contributed by atoms with van der Waals surface area (Å²) in [5.74, 6) is 0. The zero-order chi connectivity index (χ0) is 15.6. The van der Waals surface area contributed by atoms with Crippen molar-refractivity contribution in [2.75, 3.05) is 0 Å². The molecule has 1 heterocycles. The number of benzene rings is 2. The summed E-state index contributed by atoms with van der Waals surface area (Å²) in [6.45, 7) is 8.09. The predicted octanol–water partition coefficient (Wildman–Crippen LogP) is 5.13. The van der Waals surface area contributed by atoms with E-state index in [9.17, 15) is 0 Å². The van der Waals surface area contributed by atoms with Crippen molar-refractivity contribution >= 4 is 15.9 Å². The number of pyridine rings is 1. The molecular weight excluding hydrogens is 334 g/mol. The summed E-state index contributed by atoms with van der Waals surface area (Å²) in [6, 6.07) is 22.3. The minimum atomic E-state index is -0.518. The van der Waals surface area contributed by atoms with E-state index in [-0.39, 0.29) is 0 Å². The molecule has 3 rings (SSSR count). The lowest BCUT2D eigenvalue weighted by Crippen LogP contribution is -2.23. The summed E-state index contributed by atoms with van der Waals surface area (Å²) in [7, 11) is 0. The van der Waals surface area contributed by atoms with Crippen molar-refractivity contribution in [3.8, 4) is 0 Å². The van der Waals surface area contributed by atoms with Crippen LogP contribution in [0.1, 0.15) is 27.9 Å². The van der Waals surface area contributed by atoms with Crippen molar-refractivity contribution in [1.29, 1.82) is 0 Å². The number of halogens is 1. The van der Waals surface area contributed by atoms with Gasteiger partial charge in [0, 0.05) is 6.20 Å². The monoisotopic (exact) mass is 349 g/mol. The van der Waals surface area contributed by atoms with Crippen molar-refractivity contribution in [1.82, 2.24) is 4.98 Å². The molecule has 2 radical (unpaired) electrons. The van der Waals surface area contributed by atoms with Crippen LogP contribution in [0.15, 0.2) is 72.9 Å². The van der Waals surface area contributed by atoms with Gasteiger partial charge in [-0.1, -0.05) is 70.5 Å². The predicted molar refractivity (Wildman–Crippen MR) is 94.8 cm³/mol. The highest BCUT2D eigenvalue weighted by molar-refractivity contribution is 9.10. The number of hydrogen-bond acceptors (Lipinski definition) is 1. The molecule has 0 amide bonds. The summed E-state index contributed by atoms with van der Waals surface area (Å²) in [4.78, 5) is 4.58. The first-order valence-electron chi connectivity index (χ1n) is 7.06. The Balaban J connectivity index is 2.27. The van der Waals surface area contributed by atoms with Crippen LogP contribution < -0.4 is 0 Å². The molecule has 0 atom stereocenters. The maximum atomic E-state index is 4.58. The van der Waals surface area contributed by atoms with Crippen LogP contribution in [-0.2, 0) is 4.32 Å². The molecule has 1 aromatic heterocycles. The lowest BCUT2D eigenvalue weighted by molar-refractivity contribution is 0.864. The fraction of sp³-hybridized carbons (Fsp3) is 0.0500. The SMILES string of the molecule is [CH2]c1cccc(C(Br)(c2cccc([CH2])c2)c2ccccn2)c1. The van der Waals surface area contributed by atoms with Crippen molar-refractivity contribution < 1.29 is 0 Å². The van der Waals surface area contributed by atoms with E-state index in [0.717, 1.165) is 27.9 Å². The third kappa shape index (κ3) is 2.71. The van der Waals surface area contributed by atoms with E-state index in [0.29, 0.717) is 0 Å². The Hall–Kier alpha value is -1.93. The first-order valence-corrected chi connectivity index (χ1v) is 7.85. The quantitative estimate of drug-likeness (QED) is 0.597. The highest BCUT2D eigenvalue weighted by Gasteiger charge is 2.34. The van der Waals surface area contributed by atoms with Gasteiger partial charge in [-0.05, 0) is 48.2 Å². The zero-order valence-corrected chi connectivity index (χ0v) is 13.8. The van der Waals surface area contributed by atoms with E-state index in [1.54, 1.807) is 0 Å². The van der Waals surface area contributed by atoms with E-state index in [4.69, 9.17) is 0 Å². The second-order valence-electron chi connectivity index (χ2n) is 5.27. The summed E-state index contributed by atoms with van der Waals surface area (Å²) < 4.78 is -0.518. The van der Waals surface area contributed by atoms with E-state index < -0.39 is 4.32 Å². The number of nitrogens with zero attached hydrogens (tertiary/aromatic N) is 1. The molecule has 0 bridgehead atoms. The number of rotatable bonds is 3. The molecular formula is C20H16BrN. The molecule has 0 fully saturated rings. The van der Waals surface area contributed by atoms with Gasteiger partial charge in [-0.25, -0.2) is 0 Å². The Morgan fingerprint density at radius 3 is 1.82 bits per heavy atom. The maximum absolute atomic E-state index is 4.58. The third-order valence-corrected chi connectivity index (χ3v) is 4.99. The Morgan fingerprint density at radius 1 is 0.773 bits per heavy atom. The zero-order valence-electron chi connectivity index (χ0n) is 12.2.